The predicted molar refractivity (Wildman–Crippen MR) is 111 cm³/mol. The van der Waals surface area contributed by atoms with E-state index >= 15 is 0 Å². The van der Waals surface area contributed by atoms with E-state index in [1.807, 2.05) is 20.0 Å². The van der Waals surface area contributed by atoms with E-state index < -0.39 is 0 Å². The average Bonchev–Trinajstić information content (AvgIpc) is 3.42. The van der Waals surface area contributed by atoms with Gasteiger partial charge in [-0.3, -0.25) is 14.8 Å². The van der Waals surface area contributed by atoms with Crippen molar-refractivity contribution in [3.63, 3.8) is 0 Å². The fourth-order valence-electron chi connectivity index (χ4n) is 1.88. The van der Waals surface area contributed by atoms with Gasteiger partial charge in [-0.25, -0.2) is 10.5 Å². The molecule has 14 heteroatoms. The molecule has 0 aliphatic rings. The molecule has 3 heterocycles. The van der Waals surface area contributed by atoms with Crippen molar-refractivity contribution in [2.45, 2.75) is 29.9 Å². The summed E-state index contributed by atoms with van der Waals surface area (Å²) in [6.45, 7) is 4.85. The number of hydrazone groups is 1. The van der Waals surface area contributed by atoms with Gasteiger partial charge < -0.3 is 0 Å². The van der Waals surface area contributed by atoms with E-state index in [0.717, 1.165) is 22.2 Å². The molecule has 0 unspecified atom stereocenters. The van der Waals surface area contributed by atoms with Crippen LogP contribution < -0.4 is 10.7 Å². The molecule has 3 N–H and O–H groups in total. The number of H-pyrrole nitrogens is 1. The summed E-state index contributed by atoms with van der Waals surface area (Å²) in [5.74, 6) is 1.26. The molecule has 3 aromatic heterocycles. The van der Waals surface area contributed by atoms with E-state index in [-0.39, 0.29) is 11.7 Å². The van der Waals surface area contributed by atoms with Gasteiger partial charge in [0.2, 0.25) is 22.1 Å². The lowest BCUT2D eigenvalue weighted by Crippen LogP contribution is -2.13. The van der Waals surface area contributed by atoms with Crippen molar-refractivity contribution in [2.75, 3.05) is 22.2 Å². The maximum absolute atomic E-state index is 12.0. The Labute approximate surface area is 173 Å². The van der Waals surface area contributed by atoms with Gasteiger partial charge >= 0.3 is 0 Å². The molecule has 11 nitrogen and oxygen atoms in total. The quantitative estimate of drug-likeness (QED) is 0.188. The highest BCUT2D eigenvalue weighted by Crippen LogP contribution is 2.25. The van der Waals surface area contributed by atoms with Gasteiger partial charge in [0.25, 0.3) is 0 Å². The first-order valence-corrected chi connectivity index (χ1v) is 11.1. The van der Waals surface area contributed by atoms with Crippen LogP contribution in [0.25, 0.3) is 0 Å². The fourth-order valence-corrected chi connectivity index (χ4v) is 4.14. The van der Waals surface area contributed by atoms with Crippen LogP contribution in [0.4, 0.5) is 11.1 Å². The highest BCUT2D eigenvalue weighted by molar-refractivity contribution is 8.01. The summed E-state index contributed by atoms with van der Waals surface area (Å²) in [5.41, 5.74) is 3.63. The van der Waals surface area contributed by atoms with Gasteiger partial charge in [0.1, 0.15) is 0 Å². The first kappa shape index (κ1) is 20.3. The van der Waals surface area contributed by atoms with Crippen LogP contribution in [0.15, 0.2) is 27.0 Å². The minimum absolute atomic E-state index is 0.159. The van der Waals surface area contributed by atoms with Crippen LogP contribution in [-0.4, -0.2) is 58.8 Å². The SMILES string of the molecule is CCSc1nnc(NC(=O)CSc2n[nH]c(N/N=C\c3cnn(CC)c3)n2)s1. The number of aryl methyl sites for hydroxylation is 1. The number of hydrogen-bond donors (Lipinski definition) is 3. The normalized spacial score (nSPS) is 11.2. The number of nitrogens with zero attached hydrogens (tertiary/aromatic N) is 7. The summed E-state index contributed by atoms with van der Waals surface area (Å²) < 4.78 is 2.64. The summed E-state index contributed by atoms with van der Waals surface area (Å²) in [6, 6.07) is 0. The molecule has 0 saturated heterocycles. The third kappa shape index (κ3) is 6.03. The third-order valence-corrected chi connectivity index (χ3v) is 5.78. The molecule has 0 fully saturated rings. The van der Waals surface area contributed by atoms with E-state index in [1.165, 1.54) is 23.1 Å². The second-order valence-corrected chi connectivity index (χ2v) is 8.54. The van der Waals surface area contributed by atoms with Crippen molar-refractivity contribution in [3.05, 3.63) is 18.0 Å². The van der Waals surface area contributed by atoms with Gasteiger partial charge in [0.05, 0.1) is 18.2 Å². The molecule has 0 aliphatic heterocycles. The lowest BCUT2D eigenvalue weighted by molar-refractivity contribution is -0.113. The fraction of sp³-hybridized carbons (Fsp3) is 0.357. The highest BCUT2D eigenvalue weighted by atomic mass is 32.2. The number of anilines is 2. The largest absolute Gasteiger partial charge is 0.300 e. The number of carbonyl (C=O) groups excluding carboxylic acids is 1. The standard InChI is InChI=1S/C14H18N10OS3/c1-3-24-7-9(6-16-24)5-15-19-11-18-12(21-20-11)27-8-10(25)17-13-22-23-14(28-13)26-4-2/h5-7H,3-4,8H2,1-2H3,(H,17,22,25)(H2,18,19,20,21)/b15-5-. The van der Waals surface area contributed by atoms with Crippen LogP contribution in [0, 0.1) is 0 Å². The molecule has 148 valence electrons. The Kier molecular flexibility index (Phi) is 7.39. The number of aromatic amines is 1. The van der Waals surface area contributed by atoms with Crippen molar-refractivity contribution in [1.82, 2.24) is 35.2 Å². The molecule has 3 aromatic rings. The number of thioether (sulfide) groups is 2. The minimum Gasteiger partial charge on any atom is -0.300 e. The Balaban J connectivity index is 1.42. The van der Waals surface area contributed by atoms with Gasteiger partial charge in [-0.2, -0.15) is 15.2 Å². The number of nitrogens with one attached hydrogen (secondary N) is 3. The molecule has 0 bridgehead atoms. The number of carbonyl (C=O) groups is 1. The third-order valence-electron chi connectivity index (χ3n) is 3.08. The van der Waals surface area contributed by atoms with Gasteiger partial charge in [0.15, 0.2) is 4.34 Å². The summed E-state index contributed by atoms with van der Waals surface area (Å²) in [6.07, 6.45) is 5.24. The van der Waals surface area contributed by atoms with E-state index in [1.54, 1.807) is 28.9 Å². The molecule has 0 aromatic carbocycles. The predicted octanol–water partition coefficient (Wildman–Crippen LogP) is 2.16. The molecule has 0 spiro atoms. The second-order valence-electron chi connectivity index (χ2n) is 5.11. The monoisotopic (exact) mass is 438 g/mol. The number of aromatic nitrogens is 7. The maximum Gasteiger partial charge on any atom is 0.240 e. The van der Waals surface area contributed by atoms with Gasteiger partial charge in [-0.05, 0) is 12.7 Å². The summed E-state index contributed by atoms with van der Waals surface area (Å²) >= 11 is 4.14. The molecular weight excluding hydrogens is 420 g/mol. The number of rotatable bonds is 10. The Hall–Kier alpha value is -2.45. The molecule has 0 aliphatic carbocycles. The first-order chi connectivity index (χ1) is 13.7. The number of amides is 1. The van der Waals surface area contributed by atoms with E-state index in [2.05, 4.69) is 46.3 Å². The first-order valence-electron chi connectivity index (χ1n) is 8.29. The molecular formula is C14H18N10OS3. The van der Waals surface area contributed by atoms with Crippen molar-refractivity contribution in [2.24, 2.45) is 5.10 Å². The lowest BCUT2D eigenvalue weighted by atomic mass is 10.4. The molecule has 0 radical (unpaired) electrons. The van der Waals surface area contributed by atoms with Gasteiger partial charge in [0, 0.05) is 18.3 Å². The van der Waals surface area contributed by atoms with Crippen molar-refractivity contribution < 1.29 is 4.79 Å². The zero-order valence-electron chi connectivity index (χ0n) is 15.1. The topological polar surface area (TPSA) is 139 Å². The van der Waals surface area contributed by atoms with Crippen LogP contribution in [0.1, 0.15) is 19.4 Å². The Morgan fingerprint density at radius 3 is 3.07 bits per heavy atom. The minimum atomic E-state index is -0.195. The summed E-state index contributed by atoms with van der Waals surface area (Å²) in [5, 5.41) is 26.5. The lowest BCUT2D eigenvalue weighted by Gasteiger charge is -1.98. The Bertz CT molecular complexity index is 933. The maximum atomic E-state index is 12.0. The van der Waals surface area contributed by atoms with Crippen molar-refractivity contribution in [1.29, 1.82) is 0 Å². The van der Waals surface area contributed by atoms with E-state index in [9.17, 15) is 4.79 Å². The van der Waals surface area contributed by atoms with Crippen molar-refractivity contribution >= 4 is 58.1 Å². The molecule has 0 saturated carbocycles. The molecule has 3 rings (SSSR count). The Morgan fingerprint density at radius 2 is 2.29 bits per heavy atom. The summed E-state index contributed by atoms with van der Waals surface area (Å²) in [4.78, 5) is 16.2. The number of hydrogen-bond acceptors (Lipinski definition) is 11. The zero-order valence-corrected chi connectivity index (χ0v) is 17.6. The zero-order chi connectivity index (χ0) is 19.8. The van der Waals surface area contributed by atoms with Crippen molar-refractivity contribution in [3.8, 4) is 0 Å². The highest BCUT2D eigenvalue weighted by Gasteiger charge is 2.11. The van der Waals surface area contributed by atoms with Crippen LogP contribution in [0.3, 0.4) is 0 Å². The van der Waals surface area contributed by atoms with Gasteiger partial charge in [-0.1, -0.05) is 41.8 Å². The molecule has 1 amide bonds. The molecule has 28 heavy (non-hydrogen) atoms. The van der Waals surface area contributed by atoms with Crippen LogP contribution in [0.5, 0.6) is 0 Å². The Morgan fingerprint density at radius 1 is 1.39 bits per heavy atom. The summed E-state index contributed by atoms with van der Waals surface area (Å²) in [7, 11) is 0. The van der Waals surface area contributed by atoms with E-state index in [4.69, 9.17) is 0 Å². The molecule has 0 atom stereocenters. The average molecular weight is 439 g/mol. The second kappa shape index (κ2) is 10.2. The van der Waals surface area contributed by atoms with Gasteiger partial charge in [-0.15, -0.1) is 15.3 Å². The smallest absolute Gasteiger partial charge is 0.240 e. The van der Waals surface area contributed by atoms with Crippen LogP contribution in [-0.2, 0) is 11.3 Å². The van der Waals surface area contributed by atoms with Crippen LogP contribution >= 0.6 is 34.9 Å². The van der Waals surface area contributed by atoms with E-state index in [0.29, 0.717) is 16.2 Å². The van der Waals surface area contributed by atoms with Crippen LogP contribution in [0.2, 0.25) is 0 Å².